The molecule has 0 bridgehead atoms. The third-order valence-corrected chi connectivity index (χ3v) is 6.07. The molecule has 31 heavy (non-hydrogen) atoms. The minimum atomic E-state index is -4.42. The van der Waals surface area contributed by atoms with Crippen molar-refractivity contribution in [3.63, 3.8) is 0 Å². The van der Waals surface area contributed by atoms with Crippen LogP contribution in [0.25, 0.3) is 10.9 Å². The van der Waals surface area contributed by atoms with E-state index in [1.165, 1.54) is 6.07 Å². The molecule has 156 valence electrons. The highest BCUT2D eigenvalue weighted by Gasteiger charge is 2.34. The van der Waals surface area contributed by atoms with Crippen LogP contribution in [0.2, 0.25) is 5.02 Å². The Bertz CT molecular complexity index is 1310. The first kappa shape index (κ1) is 20.2. The lowest BCUT2D eigenvalue weighted by atomic mass is 10.1. The highest BCUT2D eigenvalue weighted by molar-refractivity contribution is 9.10. The molecule has 0 radical (unpaired) electrons. The van der Waals surface area contributed by atoms with Gasteiger partial charge in [-0.15, -0.1) is 0 Å². The van der Waals surface area contributed by atoms with E-state index in [4.69, 9.17) is 11.6 Å². The highest BCUT2D eigenvalue weighted by Crippen LogP contribution is 2.49. The maximum Gasteiger partial charge on any atom is 0.416 e. The second kappa shape index (κ2) is 7.43. The number of nitrogens with zero attached hydrogens (tertiary/aromatic N) is 3. The van der Waals surface area contributed by atoms with E-state index in [2.05, 4.69) is 20.9 Å². The molecular weight excluding hydrogens is 491 g/mol. The fourth-order valence-electron chi connectivity index (χ4n) is 3.85. The van der Waals surface area contributed by atoms with E-state index >= 15 is 0 Å². The van der Waals surface area contributed by atoms with E-state index in [1.807, 2.05) is 46.2 Å². The smallest absolute Gasteiger partial charge is 0.320 e. The maximum absolute atomic E-state index is 13.3. The Morgan fingerprint density at radius 2 is 1.71 bits per heavy atom. The van der Waals surface area contributed by atoms with Gasteiger partial charge in [0.1, 0.15) is 6.67 Å². The molecule has 1 aliphatic heterocycles. The quantitative estimate of drug-likeness (QED) is 0.276. The van der Waals surface area contributed by atoms with Gasteiger partial charge in [-0.05, 0) is 48.5 Å². The van der Waals surface area contributed by atoms with E-state index in [0.717, 1.165) is 38.9 Å². The van der Waals surface area contributed by atoms with Crippen LogP contribution < -0.4 is 9.80 Å². The summed E-state index contributed by atoms with van der Waals surface area (Å²) in [6, 6.07) is 18.5. The van der Waals surface area contributed by atoms with Crippen molar-refractivity contribution in [2.24, 2.45) is 0 Å². The normalized spacial score (nSPS) is 13.7. The van der Waals surface area contributed by atoms with Crippen molar-refractivity contribution in [2.75, 3.05) is 16.5 Å². The molecule has 0 amide bonds. The van der Waals surface area contributed by atoms with Gasteiger partial charge in [-0.1, -0.05) is 45.7 Å². The van der Waals surface area contributed by atoms with Crippen LogP contribution in [0.4, 0.5) is 35.9 Å². The second-order valence-electron chi connectivity index (χ2n) is 7.15. The zero-order valence-electron chi connectivity index (χ0n) is 15.9. The van der Waals surface area contributed by atoms with Crippen molar-refractivity contribution < 1.29 is 13.2 Å². The first-order chi connectivity index (χ1) is 14.8. The van der Waals surface area contributed by atoms with Crippen molar-refractivity contribution in [1.29, 1.82) is 0 Å². The number of para-hydroxylation sites is 1. The number of aromatic nitrogens is 1. The molecule has 0 spiro atoms. The molecule has 1 aromatic heterocycles. The van der Waals surface area contributed by atoms with Gasteiger partial charge in [0, 0.05) is 15.5 Å². The van der Waals surface area contributed by atoms with Gasteiger partial charge in [0.2, 0.25) is 0 Å². The van der Waals surface area contributed by atoms with E-state index in [-0.39, 0.29) is 0 Å². The number of alkyl halides is 3. The minimum Gasteiger partial charge on any atom is -0.320 e. The number of benzene rings is 3. The molecule has 0 atom stereocenters. The van der Waals surface area contributed by atoms with Crippen LogP contribution in [0.5, 0.6) is 0 Å². The highest BCUT2D eigenvalue weighted by atomic mass is 79.9. The van der Waals surface area contributed by atoms with Gasteiger partial charge in [-0.2, -0.15) is 13.2 Å². The SMILES string of the molecule is FC(F)(F)c1cccc(N2CN(c3ccccc3Cl)c3c2cnc2ccc(Br)cc32)c1. The number of fused-ring (bicyclic) bond motifs is 3. The molecule has 3 nitrogen and oxygen atoms in total. The Kier molecular flexibility index (Phi) is 4.83. The lowest BCUT2D eigenvalue weighted by Crippen LogP contribution is -2.24. The van der Waals surface area contributed by atoms with Crippen LogP contribution in [-0.4, -0.2) is 11.7 Å². The summed E-state index contributed by atoms with van der Waals surface area (Å²) in [4.78, 5) is 8.38. The second-order valence-corrected chi connectivity index (χ2v) is 8.47. The molecule has 5 rings (SSSR count). The van der Waals surface area contributed by atoms with Gasteiger partial charge < -0.3 is 9.80 Å². The molecule has 2 heterocycles. The van der Waals surface area contributed by atoms with Crippen LogP contribution in [0.1, 0.15) is 5.56 Å². The van der Waals surface area contributed by atoms with Crippen LogP contribution in [0, 0.1) is 0 Å². The number of pyridine rings is 1. The molecule has 0 unspecified atom stereocenters. The number of anilines is 4. The summed E-state index contributed by atoms with van der Waals surface area (Å²) in [6.07, 6.45) is -2.73. The first-order valence-corrected chi connectivity index (χ1v) is 10.5. The molecule has 1 aliphatic rings. The van der Waals surface area contributed by atoms with Crippen molar-refractivity contribution in [3.05, 3.63) is 88.0 Å². The molecule has 0 N–H and O–H groups in total. The Morgan fingerprint density at radius 1 is 0.903 bits per heavy atom. The Labute approximate surface area is 189 Å². The average molecular weight is 505 g/mol. The minimum absolute atomic E-state index is 0.299. The first-order valence-electron chi connectivity index (χ1n) is 9.38. The number of rotatable bonds is 2. The van der Waals surface area contributed by atoms with E-state index in [0.29, 0.717) is 23.1 Å². The Hall–Kier alpha value is -2.77. The third-order valence-electron chi connectivity index (χ3n) is 5.25. The monoisotopic (exact) mass is 503 g/mol. The summed E-state index contributed by atoms with van der Waals surface area (Å²) in [5.74, 6) is 0. The van der Waals surface area contributed by atoms with E-state index in [9.17, 15) is 13.2 Å². The van der Waals surface area contributed by atoms with Gasteiger partial charge in [0.15, 0.2) is 0 Å². The van der Waals surface area contributed by atoms with Crippen molar-refractivity contribution in [3.8, 4) is 0 Å². The van der Waals surface area contributed by atoms with Crippen LogP contribution in [-0.2, 0) is 6.18 Å². The van der Waals surface area contributed by atoms with Gasteiger partial charge in [-0.3, -0.25) is 4.98 Å². The van der Waals surface area contributed by atoms with Gasteiger partial charge in [0.05, 0.1) is 39.4 Å². The lowest BCUT2D eigenvalue weighted by Gasteiger charge is -2.23. The average Bonchev–Trinajstić information content (AvgIpc) is 3.13. The topological polar surface area (TPSA) is 19.4 Å². The van der Waals surface area contributed by atoms with E-state index < -0.39 is 11.7 Å². The van der Waals surface area contributed by atoms with Crippen molar-refractivity contribution >= 4 is 61.2 Å². The molecule has 8 heteroatoms. The van der Waals surface area contributed by atoms with Crippen molar-refractivity contribution in [1.82, 2.24) is 4.98 Å². The van der Waals surface area contributed by atoms with Crippen LogP contribution in [0.3, 0.4) is 0 Å². The number of hydrogen-bond donors (Lipinski definition) is 0. The fourth-order valence-corrected chi connectivity index (χ4v) is 4.45. The fraction of sp³-hybridized carbons (Fsp3) is 0.0870. The lowest BCUT2D eigenvalue weighted by molar-refractivity contribution is -0.137. The number of halogens is 5. The van der Waals surface area contributed by atoms with Gasteiger partial charge in [-0.25, -0.2) is 0 Å². The number of hydrogen-bond acceptors (Lipinski definition) is 3. The summed E-state index contributed by atoms with van der Waals surface area (Å²) in [6.45, 7) is 0.299. The maximum atomic E-state index is 13.3. The molecule has 3 aromatic carbocycles. The third kappa shape index (κ3) is 3.51. The summed E-state index contributed by atoms with van der Waals surface area (Å²) in [5, 5.41) is 1.43. The molecule has 0 fully saturated rings. The van der Waals surface area contributed by atoms with Crippen LogP contribution in [0.15, 0.2) is 77.4 Å². The molecule has 0 saturated carbocycles. The van der Waals surface area contributed by atoms with Crippen molar-refractivity contribution in [2.45, 2.75) is 6.18 Å². The summed E-state index contributed by atoms with van der Waals surface area (Å²) >= 11 is 10.0. The Balaban J connectivity index is 1.74. The summed E-state index contributed by atoms with van der Waals surface area (Å²) in [5.41, 5.74) is 2.85. The summed E-state index contributed by atoms with van der Waals surface area (Å²) in [7, 11) is 0. The largest absolute Gasteiger partial charge is 0.416 e. The predicted octanol–water partition coefficient (Wildman–Crippen LogP) is 7.92. The standard InChI is InChI=1S/C23H14BrClF3N3/c24-15-8-9-19-17(11-15)22-21(12-29-19)30(13-31(22)20-7-2-1-6-18(20)25)16-5-3-4-14(10-16)23(26,27)28/h1-12H,13H2. The predicted molar refractivity (Wildman–Crippen MR) is 121 cm³/mol. The molecular formula is C23H14BrClF3N3. The Morgan fingerprint density at radius 3 is 2.48 bits per heavy atom. The zero-order chi connectivity index (χ0) is 21.8. The molecule has 4 aromatic rings. The van der Waals surface area contributed by atoms with Gasteiger partial charge >= 0.3 is 6.18 Å². The van der Waals surface area contributed by atoms with E-state index in [1.54, 1.807) is 18.3 Å². The molecule has 0 saturated heterocycles. The zero-order valence-corrected chi connectivity index (χ0v) is 18.2. The molecule has 0 aliphatic carbocycles. The van der Waals surface area contributed by atoms with Gasteiger partial charge in [0.25, 0.3) is 0 Å². The van der Waals surface area contributed by atoms with Crippen LogP contribution >= 0.6 is 27.5 Å². The summed E-state index contributed by atoms with van der Waals surface area (Å²) < 4.78 is 40.9.